The molecule has 0 aromatic rings. The summed E-state index contributed by atoms with van der Waals surface area (Å²) in [6, 6.07) is -0.705. The topological polar surface area (TPSA) is 46.2 Å². The van der Waals surface area contributed by atoms with Crippen molar-refractivity contribution in [3.05, 3.63) is 0 Å². The van der Waals surface area contributed by atoms with Crippen LogP contribution in [0.3, 0.4) is 0 Å². The molecule has 1 rings (SSSR count). The number of carbonyl (C=O) groups is 2. The van der Waals surface area contributed by atoms with Gasteiger partial charge in [0.1, 0.15) is 0 Å². The zero-order valence-corrected chi connectivity index (χ0v) is 7.53. The first-order valence-corrected chi connectivity index (χ1v) is 3.62. The van der Waals surface area contributed by atoms with Crippen molar-refractivity contribution < 1.29 is 13.1 Å². The van der Waals surface area contributed by atoms with Crippen LogP contribution >= 0.6 is 23.6 Å². The van der Waals surface area contributed by atoms with Crippen LogP contribution in [-0.4, -0.2) is 21.0 Å². The Morgan fingerprint density at radius 1 is 1.36 bits per heavy atom. The van der Waals surface area contributed by atoms with E-state index < -0.39 is 21.0 Å². The lowest BCUT2D eigenvalue weighted by molar-refractivity contribution is -0.503. The number of halogens is 2. The number of imide groups is 1. The fourth-order valence-electron chi connectivity index (χ4n) is 0.834. The van der Waals surface area contributed by atoms with Crippen molar-refractivity contribution in [2.45, 2.75) is 19.4 Å². The van der Waals surface area contributed by atoms with Crippen LogP contribution < -0.4 is 5.32 Å². The summed E-state index contributed by atoms with van der Waals surface area (Å²) in [7, 11) is 0. The van der Waals surface area contributed by atoms with E-state index in [1.54, 1.807) is 0 Å². The lowest BCUT2D eigenvalue weighted by atomic mass is 10.1. The lowest BCUT2D eigenvalue weighted by Crippen LogP contribution is -2.41. The maximum Gasteiger partial charge on any atom is 0.461 e. The van der Waals surface area contributed by atoms with Crippen molar-refractivity contribution >= 4 is 35.5 Å². The van der Waals surface area contributed by atoms with Crippen molar-refractivity contribution in [2.75, 3.05) is 0 Å². The molecule has 1 aliphatic heterocycles. The predicted molar refractivity (Wildman–Crippen MR) is 39.6 cm³/mol. The molecule has 1 N–H and O–H groups in total. The molecule has 0 unspecified atom stereocenters. The molecule has 6 heteroatoms. The Morgan fingerprint density at radius 2 is 1.82 bits per heavy atom. The molecule has 11 heavy (non-hydrogen) atoms. The maximum absolute atomic E-state index is 11.2. The average molecular weight is 198 g/mol. The molecule has 1 saturated heterocycles. The molecule has 1 aliphatic rings. The third kappa shape index (κ3) is 1.11. The van der Waals surface area contributed by atoms with Gasteiger partial charge in [0.05, 0.1) is 0 Å². The Labute approximate surface area is 73.9 Å². The molecule has 62 valence electrons. The van der Waals surface area contributed by atoms with Gasteiger partial charge in [0, 0.05) is 3.52 Å². The second kappa shape index (κ2) is 2.09. The summed E-state index contributed by atoms with van der Waals surface area (Å²) in [6.07, 6.45) is 0. The zero-order chi connectivity index (χ0) is 8.86. The lowest BCUT2D eigenvalue weighted by Gasteiger charge is -2.08. The molecule has 0 saturated carbocycles. The van der Waals surface area contributed by atoms with Crippen LogP contribution in [0.5, 0.6) is 0 Å². The van der Waals surface area contributed by atoms with Gasteiger partial charge in [0.2, 0.25) is 23.6 Å². The van der Waals surface area contributed by atoms with Crippen LogP contribution in [0.2, 0.25) is 0 Å². The summed E-state index contributed by atoms with van der Waals surface area (Å²) < 4.78 is -1.26. The molecule has 1 heterocycles. The van der Waals surface area contributed by atoms with E-state index in [2.05, 4.69) is 5.32 Å². The van der Waals surface area contributed by atoms with Crippen LogP contribution in [0.4, 0.5) is 4.79 Å². The first kappa shape index (κ1) is 8.77. The van der Waals surface area contributed by atoms with E-state index >= 15 is 0 Å². The number of hydrogen-bond acceptors (Lipinski definition) is 2. The van der Waals surface area contributed by atoms with Gasteiger partial charge in [-0.1, -0.05) is 0 Å². The summed E-state index contributed by atoms with van der Waals surface area (Å²) >= 11 is 10.8. The van der Waals surface area contributed by atoms with Crippen molar-refractivity contribution in [2.24, 2.45) is 0 Å². The highest BCUT2D eigenvalue weighted by Crippen LogP contribution is 2.30. The molecule has 0 bridgehead atoms. The Balaban J connectivity index is 3.09. The van der Waals surface area contributed by atoms with Crippen LogP contribution in [-0.2, 0) is 4.79 Å². The highest BCUT2D eigenvalue weighted by Gasteiger charge is 2.61. The predicted octanol–water partition coefficient (Wildman–Crippen LogP) is 1.14. The molecule has 4 nitrogen and oxygen atoms in total. The van der Waals surface area contributed by atoms with E-state index in [1.165, 1.54) is 13.8 Å². The number of hydrogen-bond donors (Lipinski definition) is 1. The van der Waals surface area contributed by atoms with Crippen LogP contribution in [0.1, 0.15) is 13.8 Å². The smallest absolute Gasteiger partial charge is 0.284 e. The fourth-order valence-corrected chi connectivity index (χ4v) is 1.34. The maximum atomic E-state index is 11.2. The summed E-state index contributed by atoms with van der Waals surface area (Å²) in [6.45, 7) is 3.08. The molecule has 1 fully saturated rings. The van der Waals surface area contributed by atoms with Gasteiger partial charge in [-0.25, -0.2) is 9.59 Å². The first-order chi connectivity index (χ1) is 4.78. The third-order valence-electron chi connectivity index (χ3n) is 1.46. The molecule has 0 atom stereocenters. The second-order valence-corrected chi connectivity index (χ2v) is 4.06. The molecule has 0 spiro atoms. The van der Waals surface area contributed by atoms with Crippen LogP contribution in [0.15, 0.2) is 0 Å². The van der Waals surface area contributed by atoms with E-state index in [1.807, 2.05) is 0 Å². The summed E-state index contributed by atoms with van der Waals surface area (Å²) in [5.41, 5.74) is -0.972. The Morgan fingerprint density at radius 3 is 1.91 bits per heavy atom. The van der Waals surface area contributed by atoms with Gasteiger partial charge in [-0.05, 0) is 13.8 Å². The largest absolute Gasteiger partial charge is 0.461 e. The number of urea groups is 1. The van der Waals surface area contributed by atoms with Crippen LogP contribution in [0, 0.1) is 0 Å². The highest BCUT2D eigenvalue weighted by atomic mass is 35.5. The Hall–Kier alpha value is -0.320. The van der Waals surface area contributed by atoms with Gasteiger partial charge < -0.3 is 0 Å². The standard InChI is InChI=1S/C5H6Cl2N2O2/c1-5(2)3(10)9(6,7)4(11)8-5/h1-2H3/p+1. The average Bonchev–Trinajstić information content (AvgIpc) is 1.94. The summed E-state index contributed by atoms with van der Waals surface area (Å²) in [5.74, 6) is -0.564. The number of amides is 3. The van der Waals surface area contributed by atoms with Gasteiger partial charge in [-0.2, -0.15) is 0 Å². The molecule has 0 aromatic heterocycles. The Kier molecular flexibility index (Phi) is 1.67. The third-order valence-corrected chi connectivity index (χ3v) is 2.08. The monoisotopic (exact) mass is 197 g/mol. The second-order valence-electron chi connectivity index (χ2n) is 2.87. The van der Waals surface area contributed by atoms with Gasteiger partial charge in [-0.3, -0.25) is 5.32 Å². The van der Waals surface area contributed by atoms with Gasteiger partial charge >= 0.3 is 11.9 Å². The van der Waals surface area contributed by atoms with Crippen molar-refractivity contribution in [1.29, 1.82) is 0 Å². The van der Waals surface area contributed by atoms with Crippen molar-refractivity contribution in [3.8, 4) is 0 Å². The van der Waals surface area contributed by atoms with E-state index in [9.17, 15) is 9.59 Å². The number of carbonyl (C=O) groups excluding carboxylic acids is 2. The van der Waals surface area contributed by atoms with Crippen LogP contribution in [0.25, 0.3) is 0 Å². The molecular formula is C5H7Cl2N2O2+. The summed E-state index contributed by atoms with van der Waals surface area (Å²) in [5, 5.41) is 2.35. The SMILES string of the molecule is CC1(C)NC(=O)[N+](Cl)(Cl)C1=O. The Bertz CT molecular complexity index is 237. The van der Waals surface area contributed by atoms with Gasteiger partial charge in [-0.15, -0.1) is 0 Å². The number of rotatable bonds is 0. The highest BCUT2D eigenvalue weighted by molar-refractivity contribution is 6.37. The van der Waals surface area contributed by atoms with Crippen molar-refractivity contribution in [1.82, 2.24) is 5.32 Å². The first-order valence-electron chi connectivity index (χ1n) is 2.94. The quantitative estimate of drug-likeness (QED) is 0.468. The fraction of sp³-hybridized carbons (Fsp3) is 0.600. The number of nitrogens with zero attached hydrogens (tertiary/aromatic N) is 1. The van der Waals surface area contributed by atoms with Gasteiger partial charge in [0.25, 0.3) is 0 Å². The van der Waals surface area contributed by atoms with E-state index in [4.69, 9.17) is 23.6 Å². The minimum absolute atomic E-state index is 0.564. The zero-order valence-electron chi connectivity index (χ0n) is 6.02. The number of quaternary nitrogens is 1. The normalized spacial score (nSPS) is 26.9. The van der Waals surface area contributed by atoms with E-state index in [0.29, 0.717) is 0 Å². The molecular weight excluding hydrogens is 191 g/mol. The molecule has 3 amide bonds. The molecule has 0 aliphatic carbocycles. The minimum atomic E-state index is -1.26. The number of nitrogens with one attached hydrogen (secondary N) is 1. The van der Waals surface area contributed by atoms with E-state index in [-0.39, 0.29) is 0 Å². The van der Waals surface area contributed by atoms with Gasteiger partial charge in [0.15, 0.2) is 5.54 Å². The molecule has 0 radical (unpaired) electrons. The van der Waals surface area contributed by atoms with Crippen molar-refractivity contribution in [3.63, 3.8) is 0 Å². The minimum Gasteiger partial charge on any atom is -0.284 e. The summed E-state index contributed by atoms with van der Waals surface area (Å²) in [4.78, 5) is 22.1. The molecule has 0 aromatic carbocycles. The van der Waals surface area contributed by atoms with E-state index in [0.717, 1.165) is 0 Å².